The minimum atomic E-state index is 0.195. The van der Waals surface area contributed by atoms with Crippen molar-refractivity contribution in [2.45, 2.75) is 64.5 Å². The molecular formula is C12H24N2O. The van der Waals surface area contributed by atoms with Crippen LogP contribution in [-0.4, -0.2) is 18.0 Å². The van der Waals surface area contributed by atoms with E-state index in [0.29, 0.717) is 12.1 Å². The van der Waals surface area contributed by atoms with Crippen LogP contribution in [0.25, 0.3) is 0 Å². The summed E-state index contributed by atoms with van der Waals surface area (Å²) in [4.78, 5) is 11.8. The minimum Gasteiger partial charge on any atom is -0.353 e. The molecule has 3 nitrogen and oxygen atoms in total. The van der Waals surface area contributed by atoms with Gasteiger partial charge in [-0.3, -0.25) is 4.79 Å². The molecule has 0 atom stereocenters. The van der Waals surface area contributed by atoms with Crippen LogP contribution in [0.3, 0.4) is 0 Å². The van der Waals surface area contributed by atoms with Gasteiger partial charge in [0.1, 0.15) is 0 Å². The molecule has 0 unspecified atom stereocenters. The third kappa shape index (κ3) is 3.82. The molecule has 0 bridgehead atoms. The fourth-order valence-corrected chi connectivity index (χ4v) is 2.24. The molecule has 0 aromatic rings. The summed E-state index contributed by atoms with van der Waals surface area (Å²) in [5.74, 6) is 0.432. The zero-order chi connectivity index (χ0) is 11.3. The number of rotatable bonds is 4. The molecule has 0 radical (unpaired) electrons. The van der Waals surface area contributed by atoms with Gasteiger partial charge in [0.05, 0.1) is 0 Å². The van der Waals surface area contributed by atoms with Gasteiger partial charge in [-0.15, -0.1) is 0 Å². The second kappa shape index (κ2) is 6.11. The fraction of sp³-hybridized carbons (Fsp3) is 0.917. The van der Waals surface area contributed by atoms with E-state index in [-0.39, 0.29) is 11.8 Å². The normalized spacial score (nSPS) is 26.7. The molecule has 1 fully saturated rings. The molecule has 0 saturated heterocycles. The van der Waals surface area contributed by atoms with Crippen molar-refractivity contribution in [1.29, 1.82) is 0 Å². The maximum absolute atomic E-state index is 11.8. The van der Waals surface area contributed by atoms with Gasteiger partial charge in [0.15, 0.2) is 0 Å². The highest BCUT2D eigenvalue weighted by Gasteiger charge is 2.22. The minimum absolute atomic E-state index is 0.195. The Labute approximate surface area is 92.8 Å². The molecule has 0 heterocycles. The van der Waals surface area contributed by atoms with Gasteiger partial charge < -0.3 is 11.1 Å². The van der Waals surface area contributed by atoms with Gasteiger partial charge in [0.25, 0.3) is 0 Å². The average Bonchev–Trinajstić information content (AvgIpc) is 2.23. The van der Waals surface area contributed by atoms with E-state index in [2.05, 4.69) is 19.2 Å². The van der Waals surface area contributed by atoms with Crippen molar-refractivity contribution in [3.63, 3.8) is 0 Å². The Morgan fingerprint density at radius 3 is 2.27 bits per heavy atom. The first-order valence-electron chi connectivity index (χ1n) is 6.23. The van der Waals surface area contributed by atoms with Gasteiger partial charge in [-0.2, -0.15) is 0 Å². The largest absolute Gasteiger partial charge is 0.353 e. The monoisotopic (exact) mass is 212 g/mol. The van der Waals surface area contributed by atoms with E-state index in [1.165, 1.54) is 0 Å². The van der Waals surface area contributed by atoms with E-state index in [9.17, 15) is 4.79 Å². The lowest BCUT2D eigenvalue weighted by Crippen LogP contribution is -2.42. The highest BCUT2D eigenvalue weighted by atomic mass is 16.1. The third-order valence-corrected chi connectivity index (χ3v) is 3.47. The Kier molecular flexibility index (Phi) is 5.09. The Bertz CT molecular complexity index is 194. The van der Waals surface area contributed by atoms with Crippen molar-refractivity contribution in [3.8, 4) is 0 Å². The Hall–Kier alpha value is -0.570. The molecular weight excluding hydrogens is 188 g/mol. The van der Waals surface area contributed by atoms with Crippen LogP contribution in [0.4, 0.5) is 0 Å². The lowest BCUT2D eigenvalue weighted by Gasteiger charge is -2.28. The number of carbonyl (C=O) groups excluding carboxylic acids is 1. The van der Waals surface area contributed by atoms with Crippen LogP contribution in [0.2, 0.25) is 0 Å². The van der Waals surface area contributed by atoms with Crippen LogP contribution >= 0.6 is 0 Å². The van der Waals surface area contributed by atoms with E-state index in [4.69, 9.17) is 5.73 Å². The van der Waals surface area contributed by atoms with Crippen LogP contribution in [0.5, 0.6) is 0 Å². The van der Waals surface area contributed by atoms with Crippen molar-refractivity contribution in [3.05, 3.63) is 0 Å². The summed E-state index contributed by atoms with van der Waals surface area (Å²) >= 11 is 0. The van der Waals surface area contributed by atoms with E-state index >= 15 is 0 Å². The Balaban J connectivity index is 2.31. The highest BCUT2D eigenvalue weighted by molar-refractivity contribution is 5.78. The summed E-state index contributed by atoms with van der Waals surface area (Å²) in [6, 6.07) is 0.726. The van der Waals surface area contributed by atoms with Gasteiger partial charge >= 0.3 is 0 Å². The van der Waals surface area contributed by atoms with Crippen molar-refractivity contribution in [2.75, 3.05) is 0 Å². The summed E-state index contributed by atoms with van der Waals surface area (Å²) in [6.07, 6.45) is 6.07. The number of amides is 1. The highest BCUT2D eigenvalue weighted by Crippen LogP contribution is 2.18. The number of carbonyl (C=O) groups is 1. The third-order valence-electron chi connectivity index (χ3n) is 3.47. The van der Waals surface area contributed by atoms with Crippen molar-refractivity contribution in [2.24, 2.45) is 11.7 Å². The summed E-state index contributed by atoms with van der Waals surface area (Å²) in [5, 5.41) is 3.15. The summed E-state index contributed by atoms with van der Waals surface area (Å²) in [5.41, 5.74) is 5.83. The molecule has 1 aliphatic rings. The van der Waals surface area contributed by atoms with Crippen LogP contribution in [0, 0.1) is 5.92 Å². The smallest absolute Gasteiger partial charge is 0.223 e. The summed E-state index contributed by atoms with van der Waals surface area (Å²) < 4.78 is 0. The van der Waals surface area contributed by atoms with E-state index < -0.39 is 0 Å². The second-order valence-corrected chi connectivity index (χ2v) is 4.63. The molecule has 1 aliphatic carbocycles. The maximum Gasteiger partial charge on any atom is 0.223 e. The van der Waals surface area contributed by atoms with Crippen LogP contribution < -0.4 is 11.1 Å². The van der Waals surface area contributed by atoms with Crippen molar-refractivity contribution >= 4 is 5.91 Å². The first-order chi connectivity index (χ1) is 7.17. The van der Waals surface area contributed by atoms with Gasteiger partial charge in [-0.05, 0) is 38.5 Å². The summed E-state index contributed by atoms with van der Waals surface area (Å²) in [7, 11) is 0. The standard InChI is InChI=1S/C12H24N2O/c1-3-9(4-2)12(15)14-11-7-5-10(13)6-8-11/h9-11H,3-8,13H2,1-2H3,(H,14,15). The molecule has 3 heteroatoms. The molecule has 0 aliphatic heterocycles. The number of nitrogens with one attached hydrogen (secondary N) is 1. The lowest BCUT2D eigenvalue weighted by molar-refractivity contribution is -0.126. The maximum atomic E-state index is 11.8. The van der Waals surface area contributed by atoms with Gasteiger partial charge in [0, 0.05) is 18.0 Å². The van der Waals surface area contributed by atoms with Gasteiger partial charge in [0.2, 0.25) is 5.91 Å². The second-order valence-electron chi connectivity index (χ2n) is 4.63. The SMILES string of the molecule is CCC(CC)C(=O)NC1CCC(N)CC1. The van der Waals surface area contributed by atoms with Gasteiger partial charge in [-0.1, -0.05) is 13.8 Å². The predicted molar refractivity (Wildman–Crippen MR) is 62.4 cm³/mol. The molecule has 1 rings (SSSR count). The lowest BCUT2D eigenvalue weighted by atomic mass is 9.91. The predicted octanol–water partition coefficient (Wildman–Crippen LogP) is 1.81. The Morgan fingerprint density at radius 1 is 1.27 bits per heavy atom. The number of nitrogens with two attached hydrogens (primary N) is 1. The number of hydrogen-bond donors (Lipinski definition) is 2. The van der Waals surface area contributed by atoms with Crippen LogP contribution in [-0.2, 0) is 4.79 Å². The molecule has 1 amide bonds. The van der Waals surface area contributed by atoms with Crippen LogP contribution in [0.15, 0.2) is 0 Å². The average molecular weight is 212 g/mol. The van der Waals surface area contributed by atoms with Crippen molar-refractivity contribution < 1.29 is 4.79 Å². The van der Waals surface area contributed by atoms with Gasteiger partial charge in [-0.25, -0.2) is 0 Å². The molecule has 0 aromatic carbocycles. The van der Waals surface area contributed by atoms with E-state index in [0.717, 1.165) is 38.5 Å². The Morgan fingerprint density at radius 2 is 1.80 bits per heavy atom. The molecule has 1 saturated carbocycles. The molecule has 0 spiro atoms. The van der Waals surface area contributed by atoms with Crippen LogP contribution in [0.1, 0.15) is 52.4 Å². The zero-order valence-electron chi connectivity index (χ0n) is 9.96. The first-order valence-corrected chi connectivity index (χ1v) is 6.23. The fourth-order valence-electron chi connectivity index (χ4n) is 2.24. The van der Waals surface area contributed by atoms with E-state index in [1.807, 2.05) is 0 Å². The molecule has 15 heavy (non-hydrogen) atoms. The van der Waals surface area contributed by atoms with E-state index in [1.54, 1.807) is 0 Å². The molecule has 3 N–H and O–H groups in total. The first kappa shape index (κ1) is 12.5. The number of hydrogen-bond acceptors (Lipinski definition) is 2. The quantitative estimate of drug-likeness (QED) is 0.746. The topological polar surface area (TPSA) is 55.1 Å². The zero-order valence-corrected chi connectivity index (χ0v) is 9.96. The molecule has 88 valence electrons. The molecule has 0 aromatic heterocycles. The van der Waals surface area contributed by atoms with Crippen molar-refractivity contribution in [1.82, 2.24) is 5.32 Å². The summed E-state index contributed by atoms with van der Waals surface area (Å²) in [6.45, 7) is 4.15.